The molecule has 0 unspecified atom stereocenters. The van der Waals surface area contributed by atoms with Gasteiger partial charge in [0.15, 0.2) is 0 Å². The molecule has 0 amide bonds. The van der Waals surface area contributed by atoms with Crippen LogP contribution in [-0.4, -0.2) is 15.0 Å². The summed E-state index contributed by atoms with van der Waals surface area (Å²) in [6.07, 6.45) is 1.89. The van der Waals surface area contributed by atoms with Gasteiger partial charge in [0, 0.05) is 10.1 Å². The molecule has 0 saturated heterocycles. The Morgan fingerprint density at radius 1 is 1.08 bits per heavy atom. The summed E-state index contributed by atoms with van der Waals surface area (Å²) in [5.41, 5.74) is 5.84. The van der Waals surface area contributed by atoms with Gasteiger partial charge < -0.3 is 0 Å². The molecule has 3 nitrogen and oxygen atoms in total. The zero-order valence-electron chi connectivity index (χ0n) is 14.7. The average Bonchev–Trinajstić information content (AvgIpc) is 3.09. The van der Waals surface area contributed by atoms with Crippen molar-refractivity contribution in [3.8, 4) is 0 Å². The number of fused-ring (bicyclic) bond motifs is 3. The first-order valence-corrected chi connectivity index (χ1v) is 11.3. The number of hydrogen-bond acceptors (Lipinski definition) is 2. The predicted molar refractivity (Wildman–Crippen MR) is 110 cm³/mol. The summed E-state index contributed by atoms with van der Waals surface area (Å²) in [4.78, 5) is 0.386. The first kappa shape index (κ1) is 17.3. The molecule has 0 saturated carbocycles. The normalized spacial score (nSPS) is 22.2. The van der Waals surface area contributed by atoms with Crippen LogP contribution in [0, 0.1) is 10.5 Å². The summed E-state index contributed by atoms with van der Waals surface area (Å²) < 4.78 is 29.6. The first-order valence-electron chi connectivity index (χ1n) is 8.75. The lowest BCUT2D eigenvalue weighted by Crippen LogP contribution is -2.30. The molecule has 4 rings (SSSR count). The lowest BCUT2D eigenvalue weighted by atomic mass is 9.97. The van der Waals surface area contributed by atoms with Crippen LogP contribution in [0.5, 0.6) is 0 Å². The third-order valence-corrected chi connectivity index (χ3v) is 8.25. The van der Waals surface area contributed by atoms with E-state index in [4.69, 9.17) is 0 Å². The van der Waals surface area contributed by atoms with Crippen LogP contribution in [0.15, 0.2) is 35.2 Å². The van der Waals surface area contributed by atoms with Gasteiger partial charge in [-0.3, -0.25) is 4.31 Å². The van der Waals surface area contributed by atoms with E-state index in [1.165, 1.54) is 20.3 Å². The molecular weight excluding hydrogens is 445 g/mol. The summed E-state index contributed by atoms with van der Waals surface area (Å²) in [6.45, 7) is 7.00. The van der Waals surface area contributed by atoms with Gasteiger partial charge in [0.1, 0.15) is 0 Å². The number of aryl methyl sites for hydroxylation is 1. The number of halogens is 1. The third-order valence-electron chi connectivity index (χ3n) is 5.54. The lowest BCUT2D eigenvalue weighted by Gasteiger charge is -2.24. The van der Waals surface area contributed by atoms with Crippen molar-refractivity contribution < 1.29 is 8.42 Å². The molecule has 2 aromatic carbocycles. The zero-order valence-corrected chi connectivity index (χ0v) is 17.7. The molecule has 0 aromatic heterocycles. The quantitative estimate of drug-likeness (QED) is 0.586. The maximum Gasteiger partial charge on any atom is 0.264 e. The SMILES string of the molecule is Cc1ccc(S(=O)(=O)N2CCc3cc(I)c4c(c32)[C@@H](C)C[C@H]4C)cc1. The fourth-order valence-corrected chi connectivity index (χ4v) is 7.11. The maximum atomic E-state index is 13.3. The molecular formula is C20H22INO2S. The second-order valence-electron chi connectivity index (χ2n) is 7.37. The van der Waals surface area contributed by atoms with Crippen molar-refractivity contribution in [2.24, 2.45) is 0 Å². The van der Waals surface area contributed by atoms with Crippen LogP contribution in [0.3, 0.4) is 0 Å². The van der Waals surface area contributed by atoms with Crippen molar-refractivity contribution in [2.45, 2.75) is 50.3 Å². The van der Waals surface area contributed by atoms with E-state index in [1.54, 1.807) is 16.4 Å². The van der Waals surface area contributed by atoms with E-state index in [-0.39, 0.29) is 0 Å². The number of hydrogen-bond donors (Lipinski definition) is 0. The van der Waals surface area contributed by atoms with Gasteiger partial charge in [-0.25, -0.2) is 8.42 Å². The Kier molecular flexibility index (Phi) is 4.15. The Labute approximate surface area is 163 Å². The molecule has 0 N–H and O–H groups in total. The summed E-state index contributed by atoms with van der Waals surface area (Å²) >= 11 is 2.42. The molecule has 2 aliphatic rings. The van der Waals surface area contributed by atoms with Gasteiger partial charge in [-0.1, -0.05) is 31.5 Å². The van der Waals surface area contributed by atoms with Gasteiger partial charge in [0.05, 0.1) is 10.6 Å². The molecule has 1 heterocycles. The minimum Gasteiger partial charge on any atom is -0.265 e. The summed E-state index contributed by atoms with van der Waals surface area (Å²) in [5, 5.41) is 0. The van der Waals surface area contributed by atoms with Crippen molar-refractivity contribution in [3.05, 3.63) is 56.2 Å². The first-order chi connectivity index (χ1) is 11.8. The fraction of sp³-hybridized carbons (Fsp3) is 0.400. The summed E-state index contributed by atoms with van der Waals surface area (Å²) in [6, 6.07) is 9.39. The zero-order chi connectivity index (χ0) is 17.9. The van der Waals surface area contributed by atoms with Crippen LogP contribution < -0.4 is 4.31 Å². The highest BCUT2D eigenvalue weighted by Gasteiger charge is 2.39. The Bertz CT molecular complexity index is 951. The standard InChI is InChI=1S/C20H22INO2S/c1-12-4-6-16(7-5-12)25(23,24)22-9-8-15-11-17(21)18-13(2)10-14(3)19(18)20(15)22/h4-7,11,13-14H,8-10H2,1-3H3/t13-,14+/m1/s1. The summed E-state index contributed by atoms with van der Waals surface area (Å²) in [5.74, 6) is 0.897. The molecule has 1 aliphatic heterocycles. The highest BCUT2D eigenvalue weighted by atomic mass is 127. The molecule has 2 atom stereocenters. The number of benzene rings is 2. The maximum absolute atomic E-state index is 13.3. The molecule has 25 heavy (non-hydrogen) atoms. The Hall–Kier alpha value is -1.08. The van der Waals surface area contributed by atoms with Crippen molar-refractivity contribution >= 4 is 38.3 Å². The molecule has 132 valence electrons. The van der Waals surface area contributed by atoms with Crippen LogP contribution in [0.25, 0.3) is 0 Å². The highest BCUT2D eigenvalue weighted by molar-refractivity contribution is 14.1. The van der Waals surface area contributed by atoms with Crippen molar-refractivity contribution in [1.82, 2.24) is 0 Å². The van der Waals surface area contributed by atoms with Crippen LogP contribution in [0.2, 0.25) is 0 Å². The van der Waals surface area contributed by atoms with E-state index in [0.717, 1.165) is 24.1 Å². The van der Waals surface area contributed by atoms with E-state index in [1.807, 2.05) is 19.1 Å². The third kappa shape index (κ3) is 2.62. The van der Waals surface area contributed by atoms with Crippen molar-refractivity contribution in [2.75, 3.05) is 10.8 Å². The number of anilines is 1. The Morgan fingerprint density at radius 3 is 2.40 bits per heavy atom. The molecule has 0 radical (unpaired) electrons. The van der Waals surface area contributed by atoms with Gasteiger partial charge in [-0.05, 0) is 89.1 Å². The summed E-state index contributed by atoms with van der Waals surface area (Å²) in [7, 11) is -3.51. The van der Waals surface area contributed by atoms with E-state index >= 15 is 0 Å². The predicted octanol–water partition coefficient (Wildman–Crippen LogP) is 4.96. The van der Waals surface area contributed by atoms with Gasteiger partial charge in [0.25, 0.3) is 10.0 Å². The van der Waals surface area contributed by atoms with E-state index in [0.29, 0.717) is 23.3 Å². The second kappa shape index (κ2) is 5.98. The van der Waals surface area contributed by atoms with Gasteiger partial charge in [-0.2, -0.15) is 0 Å². The van der Waals surface area contributed by atoms with Crippen LogP contribution in [0.1, 0.15) is 54.4 Å². The van der Waals surface area contributed by atoms with Crippen molar-refractivity contribution in [1.29, 1.82) is 0 Å². The fourth-order valence-electron chi connectivity index (χ4n) is 4.39. The van der Waals surface area contributed by atoms with E-state index in [2.05, 4.69) is 42.5 Å². The lowest BCUT2D eigenvalue weighted by molar-refractivity contribution is 0.592. The topological polar surface area (TPSA) is 37.4 Å². The minimum atomic E-state index is -3.51. The van der Waals surface area contributed by atoms with E-state index < -0.39 is 10.0 Å². The minimum absolute atomic E-state index is 0.386. The monoisotopic (exact) mass is 467 g/mol. The highest BCUT2D eigenvalue weighted by Crippen LogP contribution is 2.51. The molecule has 0 spiro atoms. The molecule has 0 fully saturated rings. The number of rotatable bonds is 2. The molecule has 0 bridgehead atoms. The average molecular weight is 467 g/mol. The largest absolute Gasteiger partial charge is 0.265 e. The smallest absolute Gasteiger partial charge is 0.264 e. The molecule has 5 heteroatoms. The molecule has 1 aliphatic carbocycles. The Morgan fingerprint density at radius 2 is 1.72 bits per heavy atom. The van der Waals surface area contributed by atoms with Gasteiger partial charge in [0.2, 0.25) is 0 Å². The van der Waals surface area contributed by atoms with Crippen molar-refractivity contribution in [3.63, 3.8) is 0 Å². The van der Waals surface area contributed by atoms with Crippen LogP contribution in [0.4, 0.5) is 5.69 Å². The Balaban J connectivity index is 1.89. The molecule has 2 aromatic rings. The number of nitrogens with zero attached hydrogens (tertiary/aromatic N) is 1. The second-order valence-corrected chi connectivity index (χ2v) is 10.4. The number of sulfonamides is 1. The van der Waals surface area contributed by atoms with E-state index in [9.17, 15) is 8.42 Å². The van der Waals surface area contributed by atoms with Crippen LogP contribution in [-0.2, 0) is 16.4 Å². The van der Waals surface area contributed by atoms with Gasteiger partial charge in [-0.15, -0.1) is 0 Å². The van der Waals surface area contributed by atoms with Crippen LogP contribution >= 0.6 is 22.6 Å². The van der Waals surface area contributed by atoms with Gasteiger partial charge >= 0.3 is 0 Å².